The lowest BCUT2D eigenvalue weighted by Crippen LogP contribution is -2.46. The average Bonchev–Trinajstić information content (AvgIpc) is 2.71. The van der Waals surface area contributed by atoms with Gasteiger partial charge in [0.15, 0.2) is 5.96 Å². The van der Waals surface area contributed by atoms with E-state index in [1.54, 1.807) is 7.11 Å². The maximum Gasteiger partial charge on any atom is 0.191 e. The van der Waals surface area contributed by atoms with Gasteiger partial charge in [-0.1, -0.05) is 12.1 Å². The Kier molecular flexibility index (Phi) is 14.1. The van der Waals surface area contributed by atoms with Crippen molar-refractivity contribution in [1.82, 2.24) is 15.5 Å². The molecule has 1 heterocycles. The zero-order chi connectivity index (χ0) is 20.0. The van der Waals surface area contributed by atoms with Crippen molar-refractivity contribution >= 4 is 35.6 Å². The highest BCUT2D eigenvalue weighted by Crippen LogP contribution is 2.17. The summed E-state index contributed by atoms with van der Waals surface area (Å²) in [7, 11) is 1.73. The number of nitrogens with zero attached hydrogens (tertiary/aromatic N) is 3. The number of halogens is 1. The van der Waals surface area contributed by atoms with E-state index in [0.717, 1.165) is 64.8 Å². The number of hydrogen-bond acceptors (Lipinski definition) is 4. The Hall–Kier alpha value is -1.06. The number of piperazine rings is 1. The molecule has 29 heavy (non-hydrogen) atoms. The minimum Gasteiger partial charge on any atom is -0.385 e. The Morgan fingerprint density at radius 2 is 1.90 bits per heavy atom. The van der Waals surface area contributed by atoms with Crippen LogP contribution in [0.3, 0.4) is 0 Å². The predicted molar refractivity (Wildman–Crippen MR) is 135 cm³/mol. The van der Waals surface area contributed by atoms with E-state index in [4.69, 9.17) is 4.74 Å². The SMILES string of the molecule is CCNC(=NCCCOC)NCCCCN1CCN(c2cccc(C)c2)CC1.I. The number of aliphatic imine (C=N–C) groups is 1. The lowest BCUT2D eigenvalue weighted by Gasteiger charge is -2.36. The topological polar surface area (TPSA) is 52.1 Å². The maximum absolute atomic E-state index is 5.07. The summed E-state index contributed by atoms with van der Waals surface area (Å²) in [5, 5.41) is 6.75. The van der Waals surface area contributed by atoms with Crippen molar-refractivity contribution in [3.05, 3.63) is 29.8 Å². The molecule has 6 nitrogen and oxygen atoms in total. The van der Waals surface area contributed by atoms with E-state index in [9.17, 15) is 0 Å². The Morgan fingerprint density at radius 1 is 1.10 bits per heavy atom. The molecule has 166 valence electrons. The normalized spacial score (nSPS) is 15.1. The third kappa shape index (κ3) is 10.5. The first kappa shape index (κ1) is 26.0. The number of guanidine groups is 1. The molecule has 0 unspecified atom stereocenters. The third-order valence-electron chi connectivity index (χ3n) is 5.05. The van der Waals surface area contributed by atoms with Crippen LogP contribution in [0.5, 0.6) is 0 Å². The van der Waals surface area contributed by atoms with E-state index < -0.39 is 0 Å². The first-order valence-electron chi connectivity index (χ1n) is 10.8. The Bertz CT molecular complexity index is 576. The second kappa shape index (κ2) is 15.7. The zero-order valence-electron chi connectivity index (χ0n) is 18.5. The first-order chi connectivity index (χ1) is 13.7. The number of rotatable bonds is 11. The van der Waals surface area contributed by atoms with Crippen LogP contribution in [0.25, 0.3) is 0 Å². The van der Waals surface area contributed by atoms with E-state index in [0.29, 0.717) is 0 Å². The van der Waals surface area contributed by atoms with Gasteiger partial charge in [0.05, 0.1) is 0 Å². The van der Waals surface area contributed by atoms with Crippen molar-refractivity contribution in [3.63, 3.8) is 0 Å². The number of hydrogen-bond donors (Lipinski definition) is 2. The molecule has 1 fully saturated rings. The molecular formula is C22H40IN5O. The van der Waals surface area contributed by atoms with E-state index in [-0.39, 0.29) is 24.0 Å². The van der Waals surface area contributed by atoms with Gasteiger partial charge in [0.25, 0.3) is 0 Å². The molecular weight excluding hydrogens is 477 g/mol. The molecule has 0 radical (unpaired) electrons. The summed E-state index contributed by atoms with van der Waals surface area (Å²) in [4.78, 5) is 9.68. The number of aryl methyl sites for hydroxylation is 1. The molecule has 2 rings (SSSR count). The summed E-state index contributed by atoms with van der Waals surface area (Å²) < 4.78 is 5.07. The molecule has 1 aromatic carbocycles. The second-order valence-electron chi connectivity index (χ2n) is 7.41. The highest BCUT2D eigenvalue weighted by atomic mass is 127. The molecule has 1 aliphatic heterocycles. The van der Waals surface area contributed by atoms with Gasteiger partial charge in [-0.2, -0.15) is 0 Å². The third-order valence-corrected chi connectivity index (χ3v) is 5.05. The van der Waals surface area contributed by atoms with Crippen LogP contribution < -0.4 is 15.5 Å². The lowest BCUT2D eigenvalue weighted by atomic mass is 10.2. The molecule has 0 aromatic heterocycles. The number of ether oxygens (including phenoxy) is 1. The van der Waals surface area contributed by atoms with Crippen molar-refractivity contribution < 1.29 is 4.74 Å². The fourth-order valence-electron chi connectivity index (χ4n) is 3.46. The molecule has 7 heteroatoms. The van der Waals surface area contributed by atoms with Crippen LogP contribution in [0.1, 0.15) is 31.7 Å². The molecule has 0 atom stereocenters. The fraction of sp³-hybridized carbons (Fsp3) is 0.682. The van der Waals surface area contributed by atoms with Gasteiger partial charge in [-0.05, 0) is 57.4 Å². The molecule has 2 N–H and O–H groups in total. The van der Waals surface area contributed by atoms with Crippen LogP contribution in [0.4, 0.5) is 5.69 Å². The molecule has 0 amide bonds. The van der Waals surface area contributed by atoms with Crippen molar-refractivity contribution in [1.29, 1.82) is 0 Å². The van der Waals surface area contributed by atoms with Crippen molar-refractivity contribution in [3.8, 4) is 0 Å². The molecule has 0 aliphatic carbocycles. The Morgan fingerprint density at radius 3 is 2.59 bits per heavy atom. The largest absolute Gasteiger partial charge is 0.385 e. The summed E-state index contributed by atoms with van der Waals surface area (Å²) in [6, 6.07) is 8.85. The molecule has 0 spiro atoms. The molecule has 0 bridgehead atoms. The summed E-state index contributed by atoms with van der Waals surface area (Å²) in [5.74, 6) is 0.922. The Balaban J connectivity index is 0.00000420. The van der Waals surface area contributed by atoms with Crippen LogP contribution in [-0.4, -0.2) is 76.9 Å². The summed E-state index contributed by atoms with van der Waals surface area (Å²) in [6.07, 6.45) is 3.35. The van der Waals surface area contributed by atoms with Crippen LogP contribution >= 0.6 is 24.0 Å². The fourth-order valence-corrected chi connectivity index (χ4v) is 3.46. The maximum atomic E-state index is 5.07. The highest BCUT2D eigenvalue weighted by molar-refractivity contribution is 14.0. The average molecular weight is 518 g/mol. The van der Waals surface area contributed by atoms with Gasteiger partial charge in [-0.25, -0.2) is 0 Å². The molecule has 1 saturated heterocycles. The smallest absolute Gasteiger partial charge is 0.191 e. The van der Waals surface area contributed by atoms with E-state index >= 15 is 0 Å². The number of anilines is 1. The van der Waals surface area contributed by atoms with Gasteiger partial charge in [-0.3, -0.25) is 9.89 Å². The van der Waals surface area contributed by atoms with Crippen molar-refractivity contribution in [2.75, 3.05) is 71.0 Å². The monoisotopic (exact) mass is 517 g/mol. The summed E-state index contributed by atoms with van der Waals surface area (Å²) >= 11 is 0. The van der Waals surface area contributed by atoms with Crippen LogP contribution in [0, 0.1) is 6.92 Å². The summed E-state index contributed by atoms with van der Waals surface area (Å²) in [6.45, 7) is 13.4. The van der Waals surface area contributed by atoms with E-state index in [2.05, 4.69) is 63.5 Å². The first-order valence-corrected chi connectivity index (χ1v) is 10.8. The second-order valence-corrected chi connectivity index (χ2v) is 7.41. The van der Waals surface area contributed by atoms with Gasteiger partial charge in [0, 0.05) is 65.2 Å². The number of unbranched alkanes of at least 4 members (excludes halogenated alkanes) is 1. The van der Waals surface area contributed by atoms with E-state index in [1.165, 1.54) is 30.6 Å². The Labute approximate surface area is 194 Å². The zero-order valence-corrected chi connectivity index (χ0v) is 20.8. The minimum atomic E-state index is 0. The summed E-state index contributed by atoms with van der Waals surface area (Å²) in [5.41, 5.74) is 2.70. The lowest BCUT2D eigenvalue weighted by molar-refractivity contribution is 0.197. The standard InChI is InChI=1S/C22H39N5O.HI/c1-4-23-22(25-12-8-18-28-3)24-11-5-6-13-26-14-16-27(17-15-26)21-10-7-9-20(2)19-21;/h7,9-10,19H,4-6,8,11-18H2,1-3H3,(H2,23,24,25);1H. The minimum absolute atomic E-state index is 0. The van der Waals surface area contributed by atoms with Gasteiger partial charge in [-0.15, -0.1) is 24.0 Å². The van der Waals surface area contributed by atoms with Crippen LogP contribution in [-0.2, 0) is 4.74 Å². The molecule has 1 aliphatic rings. The van der Waals surface area contributed by atoms with Gasteiger partial charge in [0.2, 0.25) is 0 Å². The molecule has 0 saturated carbocycles. The van der Waals surface area contributed by atoms with Crippen LogP contribution in [0.2, 0.25) is 0 Å². The number of nitrogens with one attached hydrogen (secondary N) is 2. The predicted octanol–water partition coefficient (Wildman–Crippen LogP) is 3.11. The highest BCUT2D eigenvalue weighted by Gasteiger charge is 2.16. The molecule has 1 aromatic rings. The van der Waals surface area contributed by atoms with Crippen LogP contribution in [0.15, 0.2) is 29.3 Å². The number of benzene rings is 1. The van der Waals surface area contributed by atoms with Gasteiger partial charge >= 0.3 is 0 Å². The van der Waals surface area contributed by atoms with Crippen molar-refractivity contribution in [2.45, 2.75) is 33.1 Å². The number of methoxy groups -OCH3 is 1. The van der Waals surface area contributed by atoms with E-state index in [1.807, 2.05) is 0 Å². The quantitative estimate of drug-likeness (QED) is 0.205. The van der Waals surface area contributed by atoms with Gasteiger partial charge < -0.3 is 20.3 Å². The van der Waals surface area contributed by atoms with Crippen molar-refractivity contribution in [2.24, 2.45) is 4.99 Å². The van der Waals surface area contributed by atoms with Gasteiger partial charge in [0.1, 0.15) is 0 Å².